The Kier molecular flexibility index (Phi) is 7.18. The van der Waals surface area contributed by atoms with Gasteiger partial charge in [-0.3, -0.25) is 9.59 Å². The van der Waals surface area contributed by atoms with Crippen LogP contribution in [0.4, 0.5) is 0 Å². The molecule has 0 bridgehead atoms. The second kappa shape index (κ2) is 9.66. The van der Waals surface area contributed by atoms with Crippen molar-refractivity contribution in [2.45, 2.75) is 39.3 Å². The van der Waals surface area contributed by atoms with Crippen LogP contribution in [0.25, 0.3) is 5.76 Å². The fourth-order valence-corrected chi connectivity index (χ4v) is 4.59. The number of thiophene rings is 1. The molecule has 1 saturated heterocycles. The molecular formula is C24H30N2O4S. The molecule has 7 heteroatoms. The lowest BCUT2D eigenvalue weighted by molar-refractivity contribution is -0.139. The third-order valence-electron chi connectivity index (χ3n) is 5.17. The van der Waals surface area contributed by atoms with E-state index in [1.54, 1.807) is 23.1 Å². The Morgan fingerprint density at radius 1 is 1.26 bits per heavy atom. The highest BCUT2D eigenvalue weighted by molar-refractivity contribution is 7.10. The largest absolute Gasteiger partial charge is 0.507 e. The van der Waals surface area contributed by atoms with Crippen LogP contribution in [0.15, 0.2) is 41.3 Å². The van der Waals surface area contributed by atoms with Crippen molar-refractivity contribution in [1.82, 2.24) is 9.80 Å². The first-order valence-corrected chi connectivity index (χ1v) is 11.3. The van der Waals surface area contributed by atoms with Crippen molar-refractivity contribution < 1.29 is 19.4 Å². The fraction of sp³-hybridized carbons (Fsp3) is 0.417. The van der Waals surface area contributed by atoms with Crippen LogP contribution in [-0.2, 0) is 9.59 Å². The molecular weight excluding hydrogens is 412 g/mol. The molecule has 1 unspecified atom stereocenters. The Hall–Kier alpha value is -2.64. The van der Waals surface area contributed by atoms with E-state index in [0.717, 1.165) is 29.2 Å². The van der Waals surface area contributed by atoms with Gasteiger partial charge in [-0.2, -0.15) is 0 Å². The number of nitrogens with zero attached hydrogens (tertiary/aromatic N) is 2. The summed E-state index contributed by atoms with van der Waals surface area (Å²) in [6.45, 7) is 7.04. The average molecular weight is 443 g/mol. The van der Waals surface area contributed by atoms with Gasteiger partial charge >= 0.3 is 0 Å². The van der Waals surface area contributed by atoms with Crippen molar-refractivity contribution in [2.24, 2.45) is 0 Å². The first-order valence-electron chi connectivity index (χ1n) is 10.4. The third-order valence-corrected chi connectivity index (χ3v) is 6.09. The topological polar surface area (TPSA) is 70.1 Å². The first-order chi connectivity index (χ1) is 14.7. The number of carbonyl (C=O) groups excluding carboxylic acids is 2. The maximum absolute atomic E-state index is 13.0. The molecule has 0 spiro atoms. The van der Waals surface area contributed by atoms with E-state index in [4.69, 9.17) is 4.74 Å². The third kappa shape index (κ3) is 4.99. The van der Waals surface area contributed by atoms with Crippen molar-refractivity contribution >= 4 is 28.8 Å². The molecule has 1 aromatic heterocycles. The Balaban J connectivity index is 2.02. The molecule has 0 aliphatic carbocycles. The number of likely N-dealkylation sites (tertiary alicyclic amines) is 1. The standard InChI is InChI=1S/C24H30N2O4S/c1-15(2)30-18-10-9-17(14-16(18)3)22(27)20-21(19-8-6-13-31-19)26(24(29)23(20)28)12-7-11-25(4)5/h6,8-10,13-15,21,27H,7,11-12H2,1-5H3/b22-20+. The molecule has 0 saturated carbocycles. The van der Waals surface area contributed by atoms with Gasteiger partial charge in [0, 0.05) is 17.0 Å². The van der Waals surface area contributed by atoms with Gasteiger partial charge < -0.3 is 19.6 Å². The second-order valence-corrected chi connectivity index (χ2v) is 9.29. The molecule has 2 heterocycles. The van der Waals surface area contributed by atoms with Gasteiger partial charge in [-0.15, -0.1) is 11.3 Å². The lowest BCUT2D eigenvalue weighted by atomic mass is 9.98. The van der Waals surface area contributed by atoms with Gasteiger partial charge in [0.1, 0.15) is 11.5 Å². The molecule has 1 N–H and O–H groups in total. The number of aryl methyl sites for hydroxylation is 1. The van der Waals surface area contributed by atoms with E-state index >= 15 is 0 Å². The van der Waals surface area contributed by atoms with E-state index in [0.29, 0.717) is 12.1 Å². The summed E-state index contributed by atoms with van der Waals surface area (Å²) in [7, 11) is 3.94. The maximum Gasteiger partial charge on any atom is 0.295 e. The quantitative estimate of drug-likeness (QED) is 0.377. The van der Waals surface area contributed by atoms with E-state index in [1.165, 1.54) is 11.3 Å². The minimum absolute atomic E-state index is 0.0319. The molecule has 1 aromatic carbocycles. The number of rotatable bonds is 8. The predicted molar refractivity (Wildman–Crippen MR) is 123 cm³/mol. The van der Waals surface area contributed by atoms with Crippen molar-refractivity contribution in [3.8, 4) is 5.75 Å². The summed E-state index contributed by atoms with van der Waals surface area (Å²) >= 11 is 1.47. The van der Waals surface area contributed by atoms with Crippen LogP contribution in [0.1, 0.15) is 42.3 Å². The molecule has 31 heavy (non-hydrogen) atoms. The zero-order valence-electron chi connectivity index (χ0n) is 18.7. The van der Waals surface area contributed by atoms with E-state index in [1.807, 2.05) is 57.3 Å². The number of ketones is 1. The molecule has 6 nitrogen and oxygen atoms in total. The number of hydrogen-bond donors (Lipinski definition) is 1. The molecule has 3 rings (SSSR count). The molecule has 166 valence electrons. The van der Waals surface area contributed by atoms with Gasteiger partial charge in [-0.05, 0) is 83.0 Å². The maximum atomic E-state index is 13.0. The van der Waals surface area contributed by atoms with Gasteiger partial charge in [-0.1, -0.05) is 6.07 Å². The first kappa shape index (κ1) is 23.0. The van der Waals surface area contributed by atoms with E-state index < -0.39 is 17.7 Å². The van der Waals surface area contributed by atoms with E-state index in [9.17, 15) is 14.7 Å². The Bertz CT molecular complexity index is 979. The second-order valence-electron chi connectivity index (χ2n) is 8.31. The summed E-state index contributed by atoms with van der Waals surface area (Å²) in [6.07, 6.45) is 0.770. The van der Waals surface area contributed by atoms with E-state index in [-0.39, 0.29) is 17.4 Å². The highest BCUT2D eigenvalue weighted by atomic mass is 32.1. The molecule has 2 aromatic rings. The SMILES string of the molecule is Cc1cc(/C(O)=C2\C(=O)C(=O)N(CCCN(C)C)C2c2cccs2)ccc1OC(C)C. The van der Waals surface area contributed by atoms with Crippen molar-refractivity contribution in [1.29, 1.82) is 0 Å². The number of carbonyl (C=O) groups is 2. The summed E-state index contributed by atoms with van der Waals surface area (Å²) in [5.41, 5.74) is 1.50. The zero-order valence-corrected chi connectivity index (χ0v) is 19.5. The number of aliphatic hydroxyl groups is 1. The summed E-state index contributed by atoms with van der Waals surface area (Å²) in [5.74, 6) is -0.618. The van der Waals surface area contributed by atoms with Gasteiger partial charge in [0.25, 0.3) is 11.7 Å². The van der Waals surface area contributed by atoms with Crippen LogP contribution in [0.5, 0.6) is 5.75 Å². The molecule has 1 fully saturated rings. The van der Waals surface area contributed by atoms with Crippen LogP contribution < -0.4 is 4.74 Å². The Morgan fingerprint density at radius 2 is 2.00 bits per heavy atom. The monoisotopic (exact) mass is 442 g/mol. The number of amides is 1. The summed E-state index contributed by atoms with van der Waals surface area (Å²) in [4.78, 5) is 30.4. The molecule has 1 aliphatic rings. The van der Waals surface area contributed by atoms with Gasteiger partial charge in [0.15, 0.2) is 0 Å². The molecule has 1 atom stereocenters. The van der Waals surface area contributed by atoms with Crippen LogP contribution in [0.3, 0.4) is 0 Å². The van der Waals surface area contributed by atoms with Crippen LogP contribution in [0.2, 0.25) is 0 Å². The number of benzene rings is 1. The molecule has 0 radical (unpaired) electrons. The minimum Gasteiger partial charge on any atom is -0.507 e. The smallest absolute Gasteiger partial charge is 0.295 e. The lowest BCUT2D eigenvalue weighted by Crippen LogP contribution is -2.32. The van der Waals surface area contributed by atoms with Crippen molar-refractivity contribution in [3.63, 3.8) is 0 Å². The van der Waals surface area contributed by atoms with Gasteiger partial charge in [-0.25, -0.2) is 0 Å². The Morgan fingerprint density at radius 3 is 2.58 bits per heavy atom. The number of hydrogen-bond acceptors (Lipinski definition) is 6. The van der Waals surface area contributed by atoms with Gasteiger partial charge in [0.05, 0.1) is 17.7 Å². The average Bonchev–Trinajstić information content (AvgIpc) is 3.31. The normalized spacial score (nSPS) is 18.4. The summed E-state index contributed by atoms with van der Waals surface area (Å²) < 4.78 is 5.77. The van der Waals surface area contributed by atoms with Crippen LogP contribution in [0, 0.1) is 6.92 Å². The van der Waals surface area contributed by atoms with Crippen LogP contribution in [-0.4, -0.2) is 59.9 Å². The van der Waals surface area contributed by atoms with Gasteiger partial charge in [0.2, 0.25) is 0 Å². The lowest BCUT2D eigenvalue weighted by Gasteiger charge is -2.24. The minimum atomic E-state index is -0.638. The summed E-state index contributed by atoms with van der Waals surface area (Å²) in [5, 5.41) is 13.1. The van der Waals surface area contributed by atoms with E-state index in [2.05, 4.69) is 0 Å². The number of ether oxygens (including phenoxy) is 1. The molecule has 1 aliphatic heterocycles. The highest BCUT2D eigenvalue weighted by Gasteiger charge is 2.46. The Labute approximate surface area is 187 Å². The molecule has 1 amide bonds. The number of aliphatic hydroxyl groups excluding tert-OH is 1. The van der Waals surface area contributed by atoms with Crippen LogP contribution >= 0.6 is 11.3 Å². The predicted octanol–water partition coefficient (Wildman–Crippen LogP) is 4.22. The highest BCUT2D eigenvalue weighted by Crippen LogP contribution is 2.41. The van der Waals surface area contributed by atoms with Crippen molar-refractivity contribution in [2.75, 3.05) is 27.2 Å². The summed E-state index contributed by atoms with van der Waals surface area (Å²) in [6, 6.07) is 8.52. The van der Waals surface area contributed by atoms with Crippen molar-refractivity contribution in [3.05, 3.63) is 57.3 Å². The zero-order chi connectivity index (χ0) is 22.7. The number of Topliss-reactive ketones (excluding diaryl/α,β-unsaturated/α-hetero) is 1. The fourth-order valence-electron chi connectivity index (χ4n) is 3.75.